The van der Waals surface area contributed by atoms with E-state index >= 15 is 0 Å². The summed E-state index contributed by atoms with van der Waals surface area (Å²) in [7, 11) is 0. The molecular weight excluding hydrogens is 269 g/mol. The third-order valence-corrected chi connectivity index (χ3v) is 2.98. The predicted molar refractivity (Wildman–Crippen MR) is 70.8 cm³/mol. The molecule has 4 nitrogen and oxygen atoms in total. The van der Waals surface area contributed by atoms with Gasteiger partial charge in [0.1, 0.15) is 12.1 Å². The Morgan fingerprint density at radius 1 is 1.37 bits per heavy atom. The summed E-state index contributed by atoms with van der Waals surface area (Å²) >= 11 is 6.01. The minimum Gasteiger partial charge on any atom is -0.436 e. The van der Waals surface area contributed by atoms with Gasteiger partial charge < -0.3 is 10.5 Å². The number of aryl methyl sites for hydroxylation is 1. The molecule has 19 heavy (non-hydrogen) atoms. The van der Waals surface area contributed by atoms with E-state index in [4.69, 9.17) is 22.1 Å². The molecule has 0 aliphatic rings. The molecule has 0 amide bonds. The Bertz CT molecular complexity index is 592. The zero-order valence-corrected chi connectivity index (χ0v) is 11.1. The molecule has 0 saturated heterocycles. The third kappa shape index (κ3) is 3.00. The molecule has 0 bridgehead atoms. The van der Waals surface area contributed by atoms with Gasteiger partial charge in [0.15, 0.2) is 0 Å². The van der Waals surface area contributed by atoms with Crippen LogP contribution in [0.15, 0.2) is 24.5 Å². The second-order valence-corrected chi connectivity index (χ2v) is 4.26. The normalized spacial score (nSPS) is 10.5. The summed E-state index contributed by atoms with van der Waals surface area (Å²) in [6, 6.07) is 4.98. The van der Waals surface area contributed by atoms with Gasteiger partial charge in [-0.3, -0.25) is 0 Å². The molecule has 100 valence electrons. The molecule has 0 atom stereocenters. The molecule has 6 heteroatoms. The fourth-order valence-corrected chi connectivity index (χ4v) is 1.82. The molecule has 0 spiro atoms. The largest absolute Gasteiger partial charge is 0.436 e. The smallest absolute Gasteiger partial charge is 0.259 e. The molecule has 0 radical (unpaired) electrons. The monoisotopic (exact) mass is 281 g/mol. The standard InChI is InChI=1S/C13H13ClFN3O/c1-2-11-12(15)13(18-7-17-11)19-9-4-3-8(6-16)10(14)5-9/h3-5,7H,2,6,16H2,1H3. The Kier molecular flexibility index (Phi) is 4.29. The minimum atomic E-state index is -0.552. The second-order valence-electron chi connectivity index (χ2n) is 3.85. The van der Waals surface area contributed by atoms with Crippen LogP contribution in [-0.2, 0) is 13.0 Å². The number of halogens is 2. The number of nitrogens with two attached hydrogens (primary N) is 1. The SMILES string of the molecule is CCc1ncnc(Oc2ccc(CN)c(Cl)c2)c1F. The van der Waals surface area contributed by atoms with Crippen LogP contribution in [0, 0.1) is 5.82 Å². The van der Waals surface area contributed by atoms with Crippen LogP contribution in [0.25, 0.3) is 0 Å². The number of hydrogen-bond donors (Lipinski definition) is 1. The van der Waals surface area contributed by atoms with E-state index < -0.39 is 5.82 Å². The van der Waals surface area contributed by atoms with Crippen LogP contribution in [0.4, 0.5) is 4.39 Å². The summed E-state index contributed by atoms with van der Waals surface area (Å²) in [5, 5.41) is 0.477. The molecule has 1 aromatic heterocycles. The Morgan fingerprint density at radius 3 is 2.79 bits per heavy atom. The van der Waals surface area contributed by atoms with Crippen molar-refractivity contribution in [1.29, 1.82) is 0 Å². The molecule has 1 aromatic carbocycles. The molecule has 2 N–H and O–H groups in total. The molecule has 0 aliphatic heterocycles. The lowest BCUT2D eigenvalue weighted by molar-refractivity contribution is 0.415. The molecule has 0 saturated carbocycles. The Labute approximate surface area is 115 Å². The molecule has 0 fully saturated rings. The molecule has 1 heterocycles. The molecule has 2 aromatic rings. The van der Waals surface area contributed by atoms with E-state index in [0.29, 0.717) is 29.4 Å². The first-order valence-electron chi connectivity index (χ1n) is 5.81. The summed E-state index contributed by atoms with van der Waals surface area (Å²) in [4.78, 5) is 7.61. The highest BCUT2D eigenvalue weighted by molar-refractivity contribution is 6.31. The first kappa shape index (κ1) is 13.7. The lowest BCUT2D eigenvalue weighted by Gasteiger charge is -2.08. The van der Waals surface area contributed by atoms with Crippen molar-refractivity contribution in [2.75, 3.05) is 0 Å². The summed E-state index contributed by atoms with van der Waals surface area (Å²) in [6.45, 7) is 2.14. The van der Waals surface area contributed by atoms with Crippen molar-refractivity contribution in [1.82, 2.24) is 9.97 Å². The topological polar surface area (TPSA) is 61.0 Å². The number of benzene rings is 1. The van der Waals surface area contributed by atoms with Gasteiger partial charge in [-0.25, -0.2) is 4.98 Å². The van der Waals surface area contributed by atoms with Crippen molar-refractivity contribution in [3.63, 3.8) is 0 Å². The lowest BCUT2D eigenvalue weighted by Crippen LogP contribution is -2.00. The van der Waals surface area contributed by atoms with E-state index in [1.54, 1.807) is 18.2 Å². The first-order chi connectivity index (χ1) is 9.15. The summed E-state index contributed by atoms with van der Waals surface area (Å²) in [5.41, 5.74) is 6.62. The molecular formula is C13H13ClFN3O. The van der Waals surface area contributed by atoms with Crippen LogP contribution in [0.3, 0.4) is 0 Å². The van der Waals surface area contributed by atoms with E-state index in [1.165, 1.54) is 6.33 Å². The fourth-order valence-electron chi connectivity index (χ4n) is 1.57. The van der Waals surface area contributed by atoms with Crippen LogP contribution < -0.4 is 10.5 Å². The van der Waals surface area contributed by atoms with Crippen LogP contribution in [0.1, 0.15) is 18.2 Å². The van der Waals surface area contributed by atoms with Gasteiger partial charge in [0.05, 0.1) is 5.69 Å². The highest BCUT2D eigenvalue weighted by Crippen LogP contribution is 2.27. The van der Waals surface area contributed by atoms with Gasteiger partial charge in [0.2, 0.25) is 5.82 Å². The first-order valence-corrected chi connectivity index (χ1v) is 6.19. The lowest BCUT2D eigenvalue weighted by atomic mass is 10.2. The van der Waals surface area contributed by atoms with Crippen molar-refractivity contribution < 1.29 is 9.13 Å². The van der Waals surface area contributed by atoms with E-state index in [0.717, 1.165) is 5.56 Å². The Hall–Kier alpha value is -1.72. The van der Waals surface area contributed by atoms with Crippen molar-refractivity contribution in [2.24, 2.45) is 5.73 Å². The highest BCUT2D eigenvalue weighted by atomic mass is 35.5. The van der Waals surface area contributed by atoms with Gasteiger partial charge in [-0.15, -0.1) is 0 Å². The average Bonchev–Trinajstić information content (AvgIpc) is 2.41. The van der Waals surface area contributed by atoms with E-state index in [2.05, 4.69) is 9.97 Å². The maximum absolute atomic E-state index is 13.9. The van der Waals surface area contributed by atoms with Crippen LogP contribution in [0.5, 0.6) is 11.6 Å². The fraction of sp³-hybridized carbons (Fsp3) is 0.231. The zero-order valence-electron chi connectivity index (χ0n) is 10.4. The van der Waals surface area contributed by atoms with Crippen molar-refractivity contribution in [2.45, 2.75) is 19.9 Å². The quantitative estimate of drug-likeness (QED) is 0.935. The maximum atomic E-state index is 13.9. The number of rotatable bonds is 4. The molecule has 0 unspecified atom stereocenters. The Morgan fingerprint density at radius 2 is 2.16 bits per heavy atom. The molecule has 0 aliphatic carbocycles. The van der Waals surface area contributed by atoms with Crippen molar-refractivity contribution in [3.8, 4) is 11.6 Å². The number of aromatic nitrogens is 2. The van der Waals surface area contributed by atoms with Crippen molar-refractivity contribution in [3.05, 3.63) is 46.6 Å². The molecule has 2 rings (SSSR count). The van der Waals surface area contributed by atoms with E-state index in [-0.39, 0.29) is 5.88 Å². The van der Waals surface area contributed by atoms with Gasteiger partial charge in [-0.2, -0.15) is 9.37 Å². The Balaban J connectivity index is 2.29. The average molecular weight is 282 g/mol. The van der Waals surface area contributed by atoms with Gasteiger partial charge >= 0.3 is 0 Å². The van der Waals surface area contributed by atoms with Gasteiger partial charge in [0.25, 0.3) is 5.88 Å². The van der Waals surface area contributed by atoms with Gasteiger partial charge in [-0.1, -0.05) is 24.6 Å². The van der Waals surface area contributed by atoms with Crippen LogP contribution in [-0.4, -0.2) is 9.97 Å². The van der Waals surface area contributed by atoms with Crippen molar-refractivity contribution >= 4 is 11.6 Å². The van der Waals surface area contributed by atoms with Gasteiger partial charge in [-0.05, 0) is 24.1 Å². The van der Waals surface area contributed by atoms with E-state index in [1.807, 2.05) is 6.92 Å². The van der Waals surface area contributed by atoms with E-state index in [9.17, 15) is 4.39 Å². The summed E-state index contributed by atoms with van der Waals surface area (Å²) in [6.07, 6.45) is 1.74. The minimum absolute atomic E-state index is 0.108. The number of nitrogens with zero attached hydrogens (tertiary/aromatic N) is 2. The second kappa shape index (κ2) is 5.95. The van der Waals surface area contributed by atoms with Crippen LogP contribution in [0.2, 0.25) is 5.02 Å². The third-order valence-electron chi connectivity index (χ3n) is 2.62. The summed E-state index contributed by atoms with van der Waals surface area (Å²) in [5.74, 6) is -0.255. The highest BCUT2D eigenvalue weighted by Gasteiger charge is 2.12. The summed E-state index contributed by atoms with van der Waals surface area (Å²) < 4.78 is 19.3. The number of ether oxygens (including phenoxy) is 1. The number of hydrogen-bond acceptors (Lipinski definition) is 4. The maximum Gasteiger partial charge on any atom is 0.259 e. The predicted octanol–water partition coefficient (Wildman–Crippen LogP) is 3.08. The van der Waals surface area contributed by atoms with Gasteiger partial charge in [0, 0.05) is 11.6 Å². The zero-order chi connectivity index (χ0) is 13.8. The van der Waals surface area contributed by atoms with Crippen LogP contribution >= 0.6 is 11.6 Å².